The Morgan fingerprint density at radius 2 is 1.84 bits per heavy atom. The van der Waals surface area contributed by atoms with Gasteiger partial charge in [0.25, 0.3) is 0 Å². The minimum Gasteiger partial charge on any atom is -0.427 e. The van der Waals surface area contributed by atoms with Gasteiger partial charge in [-0.15, -0.1) is 0 Å². The number of carbonyl (C=O) groups excluding carboxylic acids is 2. The summed E-state index contributed by atoms with van der Waals surface area (Å²) in [5.74, 6) is 0.305. The van der Waals surface area contributed by atoms with E-state index in [0.717, 1.165) is 63.5 Å². The van der Waals surface area contributed by atoms with Gasteiger partial charge in [-0.2, -0.15) is 0 Å². The molecule has 0 unspecified atom stereocenters. The summed E-state index contributed by atoms with van der Waals surface area (Å²) >= 11 is 0. The maximum Gasteiger partial charge on any atom is 0.311 e. The standard InChI is InChI=1S/C26H40N2O4/c1-20(29)27-19-25(13-6-4-7-14-25)17-24(30)32-23-12-9-11-21(16-23)26(31)15-8-5-10-22(26)18-28(2)3/h9,11-12,16,22,31H,4-8,10,13-15,17-19H2,1-3H3,(H,27,29)/t22-,26+/m1/s1. The fraction of sp³-hybridized carbons (Fsp3) is 0.692. The number of esters is 1. The number of benzene rings is 1. The number of aliphatic hydroxyl groups is 1. The third-order valence-corrected chi connectivity index (χ3v) is 7.33. The molecule has 1 amide bonds. The van der Waals surface area contributed by atoms with E-state index >= 15 is 0 Å². The Labute approximate surface area is 192 Å². The van der Waals surface area contributed by atoms with Crippen molar-refractivity contribution >= 4 is 11.9 Å². The lowest BCUT2D eigenvalue weighted by atomic mass is 9.71. The van der Waals surface area contributed by atoms with Crippen LogP contribution in [-0.4, -0.2) is 49.1 Å². The molecular formula is C26H40N2O4. The molecule has 2 saturated carbocycles. The van der Waals surface area contributed by atoms with Gasteiger partial charge >= 0.3 is 5.97 Å². The monoisotopic (exact) mass is 444 g/mol. The van der Waals surface area contributed by atoms with Gasteiger partial charge in [-0.1, -0.05) is 44.2 Å². The maximum absolute atomic E-state index is 12.9. The maximum atomic E-state index is 12.9. The van der Waals surface area contributed by atoms with Gasteiger partial charge in [-0.3, -0.25) is 9.59 Å². The molecule has 0 bridgehead atoms. The number of ether oxygens (including phenoxy) is 1. The van der Waals surface area contributed by atoms with Crippen molar-refractivity contribution in [2.24, 2.45) is 11.3 Å². The average molecular weight is 445 g/mol. The number of amides is 1. The minimum atomic E-state index is -0.902. The van der Waals surface area contributed by atoms with E-state index in [0.29, 0.717) is 18.7 Å². The Balaban J connectivity index is 1.71. The summed E-state index contributed by atoms with van der Waals surface area (Å²) < 4.78 is 5.77. The highest BCUT2D eigenvalue weighted by Crippen LogP contribution is 2.43. The van der Waals surface area contributed by atoms with Crippen LogP contribution in [0.15, 0.2) is 24.3 Å². The lowest BCUT2D eigenvalue weighted by Crippen LogP contribution is -2.43. The molecule has 2 N–H and O–H groups in total. The topological polar surface area (TPSA) is 78.9 Å². The summed E-state index contributed by atoms with van der Waals surface area (Å²) in [5, 5.41) is 14.5. The number of nitrogens with one attached hydrogen (secondary N) is 1. The van der Waals surface area contributed by atoms with E-state index < -0.39 is 5.60 Å². The molecule has 32 heavy (non-hydrogen) atoms. The molecule has 1 aromatic carbocycles. The Morgan fingerprint density at radius 1 is 1.12 bits per heavy atom. The van der Waals surface area contributed by atoms with Crippen LogP contribution in [0.1, 0.15) is 76.7 Å². The Morgan fingerprint density at radius 3 is 2.53 bits per heavy atom. The van der Waals surface area contributed by atoms with Crippen LogP contribution < -0.4 is 10.1 Å². The third-order valence-electron chi connectivity index (χ3n) is 7.33. The van der Waals surface area contributed by atoms with Crippen LogP contribution in [0.2, 0.25) is 0 Å². The molecule has 0 heterocycles. The second kappa shape index (κ2) is 10.8. The molecule has 0 aromatic heterocycles. The van der Waals surface area contributed by atoms with Gasteiger partial charge in [0.05, 0.1) is 12.0 Å². The predicted molar refractivity (Wildman–Crippen MR) is 125 cm³/mol. The summed E-state index contributed by atoms with van der Waals surface area (Å²) in [5.41, 5.74) is -0.294. The van der Waals surface area contributed by atoms with Crippen molar-refractivity contribution in [1.29, 1.82) is 0 Å². The molecule has 2 fully saturated rings. The fourth-order valence-corrected chi connectivity index (χ4v) is 5.62. The number of rotatable bonds is 8. The molecule has 2 atom stereocenters. The summed E-state index contributed by atoms with van der Waals surface area (Å²) in [6.07, 6.45) is 9.31. The van der Waals surface area contributed by atoms with Crippen LogP contribution in [0, 0.1) is 11.3 Å². The highest BCUT2D eigenvalue weighted by atomic mass is 16.5. The summed E-state index contributed by atoms with van der Waals surface area (Å²) in [4.78, 5) is 26.5. The van der Waals surface area contributed by atoms with Crippen LogP contribution >= 0.6 is 0 Å². The molecule has 0 saturated heterocycles. The molecule has 1 aromatic rings. The third kappa shape index (κ3) is 6.32. The highest BCUT2D eigenvalue weighted by Gasteiger charge is 2.41. The lowest BCUT2D eigenvalue weighted by molar-refractivity contribution is -0.138. The van der Waals surface area contributed by atoms with Gasteiger partial charge in [-0.05, 0) is 62.9 Å². The molecule has 178 valence electrons. The van der Waals surface area contributed by atoms with Crippen LogP contribution in [0.5, 0.6) is 5.75 Å². The molecule has 2 aliphatic carbocycles. The summed E-state index contributed by atoms with van der Waals surface area (Å²) in [6, 6.07) is 7.44. The molecule has 0 aliphatic heterocycles. The van der Waals surface area contributed by atoms with Crippen LogP contribution in [0.4, 0.5) is 0 Å². The summed E-state index contributed by atoms with van der Waals surface area (Å²) in [7, 11) is 4.07. The Kier molecular flexibility index (Phi) is 8.34. The van der Waals surface area contributed by atoms with Crippen molar-refractivity contribution in [3.05, 3.63) is 29.8 Å². The molecular weight excluding hydrogens is 404 g/mol. The number of hydrogen-bond donors (Lipinski definition) is 2. The van der Waals surface area contributed by atoms with Gasteiger partial charge in [-0.25, -0.2) is 0 Å². The van der Waals surface area contributed by atoms with Crippen molar-refractivity contribution in [2.75, 3.05) is 27.2 Å². The highest BCUT2D eigenvalue weighted by molar-refractivity contribution is 5.74. The van der Waals surface area contributed by atoms with Gasteiger partial charge in [0.15, 0.2) is 0 Å². The molecule has 3 rings (SSSR count). The van der Waals surface area contributed by atoms with Crippen molar-refractivity contribution < 1.29 is 19.4 Å². The smallest absolute Gasteiger partial charge is 0.311 e. The van der Waals surface area contributed by atoms with Gasteiger partial charge in [0.2, 0.25) is 5.91 Å². The normalized spacial score (nSPS) is 25.3. The second-order valence-corrected chi connectivity index (χ2v) is 10.3. The van der Waals surface area contributed by atoms with Crippen LogP contribution in [-0.2, 0) is 15.2 Å². The molecule has 0 radical (unpaired) electrons. The molecule has 2 aliphatic rings. The van der Waals surface area contributed by atoms with E-state index in [1.807, 2.05) is 32.3 Å². The van der Waals surface area contributed by atoms with Crippen LogP contribution in [0.25, 0.3) is 0 Å². The molecule has 6 heteroatoms. The number of hydrogen-bond acceptors (Lipinski definition) is 5. The Bertz CT molecular complexity index is 788. The Hall–Kier alpha value is -1.92. The first-order chi connectivity index (χ1) is 15.2. The van der Waals surface area contributed by atoms with E-state index in [4.69, 9.17) is 4.74 Å². The van der Waals surface area contributed by atoms with E-state index in [1.165, 1.54) is 13.3 Å². The summed E-state index contributed by atoms with van der Waals surface area (Å²) in [6.45, 7) is 2.86. The van der Waals surface area contributed by atoms with Crippen LogP contribution in [0.3, 0.4) is 0 Å². The van der Waals surface area contributed by atoms with E-state index in [9.17, 15) is 14.7 Å². The molecule has 0 spiro atoms. The quantitative estimate of drug-likeness (QED) is 0.468. The number of carbonyl (C=O) groups is 2. The van der Waals surface area contributed by atoms with E-state index in [1.54, 1.807) is 6.07 Å². The first-order valence-corrected chi connectivity index (χ1v) is 12.2. The zero-order chi connectivity index (χ0) is 23.2. The van der Waals surface area contributed by atoms with Crippen molar-refractivity contribution in [3.63, 3.8) is 0 Å². The largest absolute Gasteiger partial charge is 0.427 e. The minimum absolute atomic E-state index is 0.0657. The van der Waals surface area contributed by atoms with Crippen molar-refractivity contribution in [1.82, 2.24) is 10.2 Å². The molecule has 6 nitrogen and oxygen atoms in total. The van der Waals surface area contributed by atoms with Crippen molar-refractivity contribution in [3.8, 4) is 5.75 Å². The lowest BCUT2D eigenvalue weighted by Gasteiger charge is -2.41. The van der Waals surface area contributed by atoms with E-state index in [2.05, 4.69) is 10.2 Å². The second-order valence-electron chi connectivity index (χ2n) is 10.3. The van der Waals surface area contributed by atoms with Gasteiger partial charge < -0.3 is 20.1 Å². The SMILES string of the molecule is CC(=O)NCC1(CC(=O)Oc2cccc([C@@]3(O)CCCC[C@@H]3CN(C)C)c2)CCCCC1. The fourth-order valence-electron chi connectivity index (χ4n) is 5.62. The van der Waals surface area contributed by atoms with Gasteiger partial charge in [0, 0.05) is 25.9 Å². The average Bonchev–Trinajstić information content (AvgIpc) is 2.74. The zero-order valence-corrected chi connectivity index (χ0v) is 20.0. The first kappa shape index (κ1) is 24.7. The van der Waals surface area contributed by atoms with E-state index in [-0.39, 0.29) is 23.2 Å². The zero-order valence-electron chi connectivity index (χ0n) is 20.0. The van der Waals surface area contributed by atoms with Gasteiger partial charge in [0.1, 0.15) is 5.75 Å². The first-order valence-electron chi connectivity index (χ1n) is 12.2. The predicted octanol–water partition coefficient (Wildman–Crippen LogP) is 4.01. The van der Waals surface area contributed by atoms with Crippen molar-refractivity contribution in [2.45, 2.75) is 76.7 Å². The number of nitrogens with zero attached hydrogens (tertiary/aromatic N) is 1.